The second-order valence-electron chi connectivity index (χ2n) is 7.43. The molecular weight excluding hydrogens is 455 g/mol. The third kappa shape index (κ3) is 4.80. The minimum Gasteiger partial charge on any atom is -0.457 e. The van der Waals surface area contributed by atoms with E-state index >= 15 is 0 Å². The molecular formula is C22H16F3N5O4. The van der Waals surface area contributed by atoms with Gasteiger partial charge in [-0.3, -0.25) is 14.9 Å². The van der Waals surface area contributed by atoms with Crippen LogP contribution in [0, 0.1) is 24.0 Å². The SMILES string of the molecule is Cc1cccc(Oc2cc(NC(=O)c3cc4nc(C)cc(C(F)(F)F)n4n3)cc([N+](=O)[O-])c2)c1. The minimum absolute atomic E-state index is 0.000839. The maximum absolute atomic E-state index is 13.4. The lowest BCUT2D eigenvalue weighted by molar-refractivity contribution is -0.384. The molecule has 2 heterocycles. The van der Waals surface area contributed by atoms with Gasteiger partial charge < -0.3 is 10.1 Å². The smallest absolute Gasteiger partial charge is 0.433 e. The number of hydrogen-bond acceptors (Lipinski definition) is 6. The quantitative estimate of drug-likeness (QED) is 0.312. The number of anilines is 1. The Morgan fingerprint density at radius 1 is 1.09 bits per heavy atom. The fraction of sp³-hybridized carbons (Fsp3) is 0.136. The first-order valence-electron chi connectivity index (χ1n) is 9.79. The minimum atomic E-state index is -4.71. The van der Waals surface area contributed by atoms with Gasteiger partial charge in [0.15, 0.2) is 11.3 Å². The molecule has 0 radical (unpaired) electrons. The van der Waals surface area contributed by atoms with Crippen molar-refractivity contribution in [2.75, 3.05) is 5.32 Å². The molecule has 0 saturated carbocycles. The standard InChI is InChI=1S/C22H16F3N5O4/c1-12-4-3-5-16(6-12)34-17-9-14(8-15(10-17)30(32)33)27-21(31)18-11-20-26-13(2)7-19(22(23,24)25)29(20)28-18/h3-11H,1-2H3,(H,27,31). The van der Waals surface area contributed by atoms with Crippen molar-refractivity contribution in [1.82, 2.24) is 14.6 Å². The highest BCUT2D eigenvalue weighted by Gasteiger charge is 2.35. The molecule has 0 unspecified atom stereocenters. The largest absolute Gasteiger partial charge is 0.457 e. The van der Waals surface area contributed by atoms with E-state index in [1.54, 1.807) is 18.2 Å². The Morgan fingerprint density at radius 2 is 1.85 bits per heavy atom. The average molecular weight is 471 g/mol. The number of carbonyl (C=O) groups excluding carboxylic acids is 1. The van der Waals surface area contributed by atoms with Crippen LogP contribution in [0.1, 0.15) is 27.4 Å². The Bertz CT molecular complexity index is 1430. The number of non-ortho nitro benzene ring substituents is 1. The number of nitro groups is 1. The van der Waals surface area contributed by atoms with Crippen LogP contribution in [0.5, 0.6) is 11.5 Å². The summed E-state index contributed by atoms with van der Waals surface area (Å²) in [6.07, 6.45) is -4.71. The van der Waals surface area contributed by atoms with Gasteiger partial charge in [0.2, 0.25) is 0 Å². The molecule has 1 amide bonds. The van der Waals surface area contributed by atoms with Crippen molar-refractivity contribution in [3.63, 3.8) is 0 Å². The number of aryl methyl sites for hydroxylation is 2. The Balaban J connectivity index is 1.67. The van der Waals surface area contributed by atoms with E-state index in [1.165, 1.54) is 19.1 Å². The zero-order valence-electron chi connectivity index (χ0n) is 17.8. The molecule has 0 saturated heterocycles. The van der Waals surface area contributed by atoms with E-state index in [0.717, 1.165) is 23.8 Å². The first kappa shape index (κ1) is 22.7. The number of carbonyl (C=O) groups is 1. The summed E-state index contributed by atoms with van der Waals surface area (Å²) in [4.78, 5) is 27.4. The number of aromatic nitrogens is 3. The molecule has 174 valence electrons. The topological polar surface area (TPSA) is 112 Å². The van der Waals surface area contributed by atoms with Gasteiger partial charge in [0.05, 0.1) is 16.7 Å². The summed E-state index contributed by atoms with van der Waals surface area (Å²) in [5.74, 6) is -0.362. The molecule has 34 heavy (non-hydrogen) atoms. The van der Waals surface area contributed by atoms with Crippen molar-refractivity contribution < 1.29 is 27.6 Å². The van der Waals surface area contributed by atoms with Crippen LogP contribution in [0.25, 0.3) is 5.65 Å². The fourth-order valence-electron chi connectivity index (χ4n) is 3.24. The summed E-state index contributed by atoms with van der Waals surface area (Å²) in [6, 6.07) is 12.5. The molecule has 2 aromatic heterocycles. The molecule has 0 aliphatic heterocycles. The molecule has 0 aliphatic carbocycles. The molecule has 0 fully saturated rings. The van der Waals surface area contributed by atoms with Crippen molar-refractivity contribution in [1.29, 1.82) is 0 Å². The monoisotopic (exact) mass is 471 g/mol. The molecule has 12 heteroatoms. The third-order valence-corrected chi connectivity index (χ3v) is 4.66. The third-order valence-electron chi connectivity index (χ3n) is 4.66. The van der Waals surface area contributed by atoms with Gasteiger partial charge in [0.1, 0.15) is 17.2 Å². The summed E-state index contributed by atoms with van der Waals surface area (Å²) in [7, 11) is 0. The molecule has 0 bridgehead atoms. The fourth-order valence-corrected chi connectivity index (χ4v) is 3.24. The highest BCUT2D eigenvalue weighted by molar-refractivity contribution is 6.03. The van der Waals surface area contributed by atoms with Gasteiger partial charge in [-0.1, -0.05) is 12.1 Å². The summed E-state index contributed by atoms with van der Waals surface area (Å²) in [5, 5.41) is 17.5. The zero-order valence-corrected chi connectivity index (χ0v) is 17.8. The maximum atomic E-state index is 13.4. The lowest BCUT2D eigenvalue weighted by Gasteiger charge is -2.10. The number of fused-ring (bicyclic) bond motifs is 1. The molecule has 4 rings (SSSR count). The first-order valence-corrected chi connectivity index (χ1v) is 9.79. The van der Waals surface area contributed by atoms with Crippen molar-refractivity contribution in [2.45, 2.75) is 20.0 Å². The van der Waals surface area contributed by atoms with E-state index in [9.17, 15) is 28.1 Å². The molecule has 0 aliphatic rings. The Hall–Kier alpha value is -4.48. The van der Waals surface area contributed by atoms with Crippen molar-refractivity contribution >= 4 is 22.9 Å². The van der Waals surface area contributed by atoms with Crippen LogP contribution < -0.4 is 10.1 Å². The molecule has 1 N–H and O–H groups in total. The number of nitrogens with zero attached hydrogens (tertiary/aromatic N) is 4. The molecule has 0 atom stereocenters. The lowest BCUT2D eigenvalue weighted by atomic mass is 10.2. The van der Waals surface area contributed by atoms with Gasteiger partial charge in [-0.15, -0.1) is 0 Å². The lowest BCUT2D eigenvalue weighted by Crippen LogP contribution is -2.16. The van der Waals surface area contributed by atoms with Gasteiger partial charge in [-0.25, -0.2) is 9.50 Å². The molecule has 0 spiro atoms. The van der Waals surface area contributed by atoms with Crippen molar-refractivity contribution in [3.05, 3.63) is 87.4 Å². The number of hydrogen-bond donors (Lipinski definition) is 1. The predicted octanol–water partition coefficient (Wildman–Crippen LogP) is 5.32. The van der Waals surface area contributed by atoms with E-state index in [0.29, 0.717) is 10.3 Å². The maximum Gasteiger partial charge on any atom is 0.433 e. The number of amides is 1. The van der Waals surface area contributed by atoms with E-state index in [-0.39, 0.29) is 34.2 Å². The van der Waals surface area contributed by atoms with Crippen LogP contribution in [0.3, 0.4) is 0 Å². The summed E-state index contributed by atoms with van der Waals surface area (Å²) in [6.45, 7) is 3.24. The van der Waals surface area contributed by atoms with Crippen molar-refractivity contribution in [2.24, 2.45) is 0 Å². The highest BCUT2D eigenvalue weighted by Crippen LogP contribution is 2.31. The zero-order chi connectivity index (χ0) is 24.6. The van der Waals surface area contributed by atoms with Gasteiger partial charge in [-0.05, 0) is 37.6 Å². The van der Waals surface area contributed by atoms with Gasteiger partial charge in [-0.2, -0.15) is 18.3 Å². The number of halogens is 3. The molecule has 9 nitrogen and oxygen atoms in total. The number of ether oxygens (including phenoxy) is 1. The predicted molar refractivity (Wildman–Crippen MR) is 115 cm³/mol. The van der Waals surface area contributed by atoms with E-state index < -0.39 is 22.7 Å². The second kappa shape index (κ2) is 8.46. The Labute approximate surface area is 190 Å². The average Bonchev–Trinajstić information content (AvgIpc) is 3.16. The van der Waals surface area contributed by atoms with Crippen LogP contribution in [-0.2, 0) is 6.18 Å². The van der Waals surface area contributed by atoms with E-state index in [2.05, 4.69) is 15.4 Å². The van der Waals surface area contributed by atoms with Crippen LogP contribution in [0.15, 0.2) is 54.6 Å². The Morgan fingerprint density at radius 3 is 2.53 bits per heavy atom. The number of alkyl halides is 3. The van der Waals surface area contributed by atoms with Crippen LogP contribution in [0.2, 0.25) is 0 Å². The second-order valence-corrected chi connectivity index (χ2v) is 7.43. The molecule has 2 aromatic carbocycles. The van der Waals surface area contributed by atoms with Gasteiger partial charge in [0.25, 0.3) is 11.6 Å². The summed E-state index contributed by atoms with van der Waals surface area (Å²) < 4.78 is 46.3. The number of rotatable bonds is 5. The normalized spacial score (nSPS) is 11.4. The Kier molecular flexibility index (Phi) is 5.65. The van der Waals surface area contributed by atoms with E-state index in [4.69, 9.17) is 4.74 Å². The first-order chi connectivity index (χ1) is 16.0. The van der Waals surface area contributed by atoms with Crippen LogP contribution in [-0.4, -0.2) is 25.4 Å². The number of benzene rings is 2. The van der Waals surface area contributed by atoms with Gasteiger partial charge in [0, 0.05) is 23.9 Å². The highest BCUT2D eigenvalue weighted by atomic mass is 19.4. The van der Waals surface area contributed by atoms with Crippen LogP contribution >= 0.6 is 0 Å². The number of nitrogens with one attached hydrogen (secondary N) is 1. The van der Waals surface area contributed by atoms with E-state index in [1.807, 2.05) is 13.0 Å². The summed E-state index contributed by atoms with van der Waals surface area (Å²) in [5.41, 5.74) is -0.950. The van der Waals surface area contributed by atoms with Gasteiger partial charge >= 0.3 is 6.18 Å². The van der Waals surface area contributed by atoms with Crippen molar-refractivity contribution in [3.8, 4) is 11.5 Å². The molecule has 4 aromatic rings. The number of nitro benzene ring substituents is 1. The van der Waals surface area contributed by atoms with Crippen LogP contribution in [0.4, 0.5) is 24.5 Å². The summed E-state index contributed by atoms with van der Waals surface area (Å²) >= 11 is 0.